The Bertz CT molecular complexity index is 2180. The normalized spacial score (nSPS) is 26.2. The first-order chi connectivity index (χ1) is 28.4. The number of phenols is 1. The number of ether oxygens (including phenoxy) is 2. The number of hydrogen-bond donors (Lipinski definition) is 5. The number of benzene rings is 3. The maximum atomic E-state index is 14.9. The molecule has 0 aromatic heterocycles. The summed E-state index contributed by atoms with van der Waals surface area (Å²) in [5.74, 6) is 4.28. The number of nitrogens with one attached hydrogen (secondary N) is 1. The van der Waals surface area contributed by atoms with Gasteiger partial charge in [-0.05, 0) is 110 Å². The number of allylic oxidation sites excluding steroid dienone is 1. The number of phenolic OH excluding ortho intramolecular Hbond substituents is 1. The molecule has 7 unspecified atom stereocenters. The SMILES string of the molecule is CCCC1(O)C2CCC(=O)C(Cc3cccc(c3)CCC=C3CC(c4cc(CO)cc(NCC(C)O)c4)C#CC4CC(=O)Oc5c4cc(c(O)c5CC)CC1OC3=O)C2. The quantitative estimate of drug-likeness (QED) is 0.0920. The van der Waals surface area contributed by atoms with E-state index >= 15 is 0 Å². The molecule has 312 valence electrons. The molecule has 0 spiro atoms. The van der Waals surface area contributed by atoms with Gasteiger partial charge in [-0.1, -0.05) is 68.5 Å². The number of carbonyl (C=O) groups excluding carboxylic acids is 3. The van der Waals surface area contributed by atoms with Crippen LogP contribution in [-0.2, 0) is 51.4 Å². The van der Waals surface area contributed by atoms with Crippen LogP contribution in [0.25, 0.3) is 0 Å². The first-order valence-corrected chi connectivity index (χ1v) is 21.4. The molecule has 3 aromatic rings. The van der Waals surface area contributed by atoms with Gasteiger partial charge in [0.05, 0.1) is 25.0 Å². The number of ketones is 1. The third-order valence-corrected chi connectivity index (χ3v) is 12.7. The van der Waals surface area contributed by atoms with Crippen LogP contribution in [0.1, 0.15) is 123 Å². The van der Waals surface area contributed by atoms with Gasteiger partial charge in [0.1, 0.15) is 29.0 Å². The molecule has 10 nitrogen and oxygen atoms in total. The smallest absolute Gasteiger partial charge is 0.334 e. The van der Waals surface area contributed by atoms with Crippen LogP contribution >= 0.6 is 0 Å². The summed E-state index contributed by atoms with van der Waals surface area (Å²) in [6, 6.07) is 15.6. The summed E-state index contributed by atoms with van der Waals surface area (Å²) < 4.78 is 12.4. The zero-order chi connectivity index (χ0) is 41.8. The van der Waals surface area contributed by atoms with Gasteiger partial charge in [-0.3, -0.25) is 9.59 Å². The second-order valence-electron chi connectivity index (χ2n) is 17.0. The molecule has 0 saturated heterocycles. The zero-order valence-corrected chi connectivity index (χ0v) is 34.4. The van der Waals surface area contributed by atoms with E-state index < -0.39 is 41.6 Å². The lowest BCUT2D eigenvalue weighted by atomic mass is 9.66. The molecule has 3 aromatic carbocycles. The Balaban J connectivity index is 1.44. The Kier molecular flexibility index (Phi) is 13.0. The molecule has 10 heteroatoms. The van der Waals surface area contributed by atoms with Crippen molar-refractivity contribution in [2.45, 2.75) is 134 Å². The van der Waals surface area contributed by atoms with Gasteiger partial charge in [-0.15, -0.1) is 0 Å². The van der Waals surface area contributed by atoms with E-state index in [4.69, 9.17) is 9.47 Å². The molecule has 59 heavy (non-hydrogen) atoms. The summed E-state index contributed by atoms with van der Waals surface area (Å²) >= 11 is 0. The minimum absolute atomic E-state index is 0.00803. The van der Waals surface area contributed by atoms with Crippen molar-refractivity contribution in [2.24, 2.45) is 11.8 Å². The van der Waals surface area contributed by atoms with Crippen molar-refractivity contribution in [3.8, 4) is 23.3 Å². The van der Waals surface area contributed by atoms with Crippen molar-refractivity contribution < 1.29 is 44.3 Å². The summed E-state index contributed by atoms with van der Waals surface area (Å²) in [4.78, 5) is 41.6. The van der Waals surface area contributed by atoms with Crippen LogP contribution in [0.15, 0.2) is 60.2 Å². The molecule has 3 heterocycles. The Morgan fingerprint density at radius 1 is 0.966 bits per heavy atom. The Hall–Kier alpha value is -4.95. The van der Waals surface area contributed by atoms with Gasteiger partial charge in [0.25, 0.3) is 0 Å². The fourth-order valence-electron chi connectivity index (χ4n) is 9.65. The Morgan fingerprint density at radius 3 is 2.53 bits per heavy atom. The Labute approximate surface area is 347 Å². The van der Waals surface area contributed by atoms with Crippen LogP contribution in [-0.4, -0.2) is 62.5 Å². The second kappa shape index (κ2) is 18.1. The molecule has 5 N–H and O–H groups in total. The largest absolute Gasteiger partial charge is 0.507 e. The summed E-state index contributed by atoms with van der Waals surface area (Å²) in [7, 11) is 0. The molecule has 0 amide bonds. The number of aliphatic hydroxyl groups is 3. The predicted molar refractivity (Wildman–Crippen MR) is 224 cm³/mol. The van der Waals surface area contributed by atoms with Crippen molar-refractivity contribution >= 4 is 23.4 Å². The lowest BCUT2D eigenvalue weighted by Crippen LogP contribution is -2.54. The fraction of sp³-hybridized carbons (Fsp3) is 0.490. The monoisotopic (exact) mass is 803 g/mol. The minimum atomic E-state index is -1.55. The van der Waals surface area contributed by atoms with Crippen molar-refractivity contribution in [1.29, 1.82) is 0 Å². The molecule has 8 bridgehead atoms. The molecule has 1 fully saturated rings. The van der Waals surface area contributed by atoms with E-state index in [1.165, 1.54) is 0 Å². The van der Waals surface area contributed by atoms with Gasteiger partial charge in [0.15, 0.2) is 0 Å². The van der Waals surface area contributed by atoms with Gasteiger partial charge in [0, 0.05) is 53.6 Å². The van der Waals surface area contributed by atoms with Crippen molar-refractivity contribution in [3.05, 3.63) is 99.1 Å². The van der Waals surface area contributed by atoms with Crippen LogP contribution in [0, 0.1) is 23.7 Å². The molecule has 3 aliphatic heterocycles. The first kappa shape index (κ1) is 42.2. The molecule has 1 aliphatic carbocycles. The summed E-state index contributed by atoms with van der Waals surface area (Å²) in [6.07, 6.45) is 4.38. The van der Waals surface area contributed by atoms with Gasteiger partial charge >= 0.3 is 11.9 Å². The number of esters is 2. The molecular formula is C49H57NO9. The number of rotatable bonds is 8. The predicted octanol–water partition coefficient (Wildman–Crippen LogP) is 6.91. The summed E-state index contributed by atoms with van der Waals surface area (Å²) in [6.45, 7) is 5.55. The number of hydrogen-bond acceptors (Lipinski definition) is 10. The van der Waals surface area contributed by atoms with E-state index in [0.29, 0.717) is 91.3 Å². The van der Waals surface area contributed by atoms with Gasteiger partial charge in [-0.2, -0.15) is 0 Å². The molecule has 7 atom stereocenters. The highest BCUT2D eigenvalue weighted by atomic mass is 16.6. The highest BCUT2D eigenvalue weighted by molar-refractivity contribution is 5.89. The number of anilines is 1. The van der Waals surface area contributed by atoms with E-state index in [0.717, 1.165) is 16.7 Å². The number of aliphatic hydroxyl groups excluding tert-OH is 2. The molecule has 7 rings (SSSR count). The number of carbonyl (C=O) groups is 3. The molecule has 4 aliphatic rings. The number of aryl methyl sites for hydroxylation is 1. The minimum Gasteiger partial charge on any atom is -0.507 e. The fourth-order valence-corrected chi connectivity index (χ4v) is 9.65. The summed E-state index contributed by atoms with van der Waals surface area (Å²) in [5, 5.41) is 48.7. The maximum Gasteiger partial charge on any atom is 0.334 e. The van der Waals surface area contributed by atoms with Crippen LogP contribution in [0.5, 0.6) is 11.5 Å². The van der Waals surface area contributed by atoms with Gasteiger partial charge in [-0.25, -0.2) is 4.79 Å². The van der Waals surface area contributed by atoms with E-state index in [1.807, 2.05) is 38.1 Å². The van der Waals surface area contributed by atoms with Crippen molar-refractivity contribution in [2.75, 3.05) is 11.9 Å². The van der Waals surface area contributed by atoms with E-state index in [9.17, 15) is 34.8 Å². The average Bonchev–Trinajstić information content (AvgIpc) is 3.22. The Morgan fingerprint density at radius 2 is 1.76 bits per heavy atom. The third kappa shape index (κ3) is 9.28. The van der Waals surface area contributed by atoms with E-state index in [2.05, 4.69) is 35.4 Å². The van der Waals surface area contributed by atoms with Crippen molar-refractivity contribution in [3.63, 3.8) is 0 Å². The lowest BCUT2D eigenvalue weighted by Gasteiger charge is -2.45. The van der Waals surface area contributed by atoms with Crippen LogP contribution in [0.4, 0.5) is 5.69 Å². The zero-order valence-electron chi connectivity index (χ0n) is 34.4. The number of Topliss-reactive ketones (excluding diaryl/α,β-unsaturated/α-hetero) is 1. The van der Waals surface area contributed by atoms with Crippen LogP contribution in [0.3, 0.4) is 0 Å². The van der Waals surface area contributed by atoms with E-state index in [1.54, 1.807) is 19.1 Å². The highest BCUT2D eigenvalue weighted by Gasteiger charge is 2.49. The molecule has 0 radical (unpaired) electrons. The number of aromatic hydroxyl groups is 1. The molecular weight excluding hydrogens is 747 g/mol. The maximum absolute atomic E-state index is 14.9. The standard InChI is InChI=1S/C49H57NO9/c1-4-16-49(57)39-14-15-43(53)37(22-39)18-31-10-6-8-30(17-31)9-7-11-35-21-33(36-19-32(28-51)20-40(23-36)50-27-29(3)52)12-13-34-26-45(54)59-47-41(5-2)46(55)38(24-42(34)47)25-44(49)58-48(35)56/h6,8,10-11,17,19-20,23-24,29,33-34,37,39,44,50-52,55,57H,4-5,7,9,14-16,18,21-22,25-28H2,1-3H3. The summed E-state index contributed by atoms with van der Waals surface area (Å²) in [5.41, 5.74) is 4.53. The van der Waals surface area contributed by atoms with Gasteiger partial charge in [0.2, 0.25) is 0 Å². The number of fused-ring (bicyclic) bond motifs is 8. The van der Waals surface area contributed by atoms with Gasteiger partial charge < -0.3 is 35.2 Å². The second-order valence-corrected chi connectivity index (χ2v) is 17.0. The molecule has 1 saturated carbocycles. The van der Waals surface area contributed by atoms with Crippen LogP contribution in [0.2, 0.25) is 0 Å². The van der Waals surface area contributed by atoms with Crippen LogP contribution < -0.4 is 10.1 Å². The lowest BCUT2D eigenvalue weighted by molar-refractivity contribution is -0.176. The highest BCUT2D eigenvalue weighted by Crippen LogP contribution is 2.47. The van der Waals surface area contributed by atoms with Crippen molar-refractivity contribution in [1.82, 2.24) is 0 Å². The van der Waals surface area contributed by atoms with E-state index in [-0.39, 0.29) is 61.5 Å². The topological polar surface area (TPSA) is 163 Å². The average molecular weight is 804 g/mol. The first-order valence-electron chi connectivity index (χ1n) is 21.4. The third-order valence-electron chi connectivity index (χ3n) is 12.7.